The predicted octanol–water partition coefficient (Wildman–Crippen LogP) is 1.39. The predicted molar refractivity (Wildman–Crippen MR) is 187 cm³/mol. The number of aromatic nitrogens is 4. The van der Waals surface area contributed by atoms with Crippen molar-refractivity contribution in [3.05, 3.63) is 143 Å². The Labute approximate surface area is 347 Å². The number of benzene rings is 4. The fourth-order valence-electron chi connectivity index (χ4n) is 4.64. The Kier molecular flexibility index (Phi) is 14.6. The molecule has 0 aliphatic rings. The van der Waals surface area contributed by atoms with Gasteiger partial charge in [0.2, 0.25) is 10.0 Å². The second-order valence-electron chi connectivity index (χ2n) is 11.0. The minimum absolute atomic E-state index is 0. The zero-order valence-electron chi connectivity index (χ0n) is 29.1. The van der Waals surface area contributed by atoms with E-state index in [1.807, 2.05) is 6.07 Å². The SMILES string of the molecule is Cc1[nH]n(-c2ccc(S(N)(=O)=O)cc2)c(=O)c1N=Nc1cc([N+](=O)[O-])ccc1[O-].Cc1[nH]n(-c2ccccc2)c(=O)c1N=Nc1cc([N+](=O)[O-])ccc1[O-].[Co+3].[Na+]. The molecule has 0 aliphatic heterocycles. The fourth-order valence-corrected chi connectivity index (χ4v) is 5.15. The molecule has 0 saturated carbocycles. The number of nitrogens with zero attached hydrogens (tertiary/aromatic N) is 8. The van der Waals surface area contributed by atoms with Crippen molar-refractivity contribution in [1.82, 2.24) is 19.6 Å². The zero-order chi connectivity index (χ0) is 39.3. The van der Waals surface area contributed by atoms with Gasteiger partial charge in [-0.3, -0.25) is 40.0 Å². The van der Waals surface area contributed by atoms with Gasteiger partial charge in [0, 0.05) is 24.3 Å². The second-order valence-corrected chi connectivity index (χ2v) is 12.6. The van der Waals surface area contributed by atoms with Crippen LogP contribution in [0.3, 0.4) is 0 Å². The maximum absolute atomic E-state index is 12.6. The molecule has 0 amide bonds. The first-order valence-electron chi connectivity index (χ1n) is 15.1. The summed E-state index contributed by atoms with van der Waals surface area (Å²) in [5.41, 5.74) is -0.563. The van der Waals surface area contributed by atoms with Gasteiger partial charge in [-0.05, 0) is 50.2 Å². The maximum atomic E-state index is 12.6. The zero-order valence-corrected chi connectivity index (χ0v) is 33.0. The van der Waals surface area contributed by atoms with Crippen molar-refractivity contribution in [3.63, 3.8) is 0 Å². The van der Waals surface area contributed by atoms with Crippen LogP contribution in [0.5, 0.6) is 11.5 Å². The second kappa shape index (κ2) is 18.5. The van der Waals surface area contributed by atoms with E-state index < -0.39 is 42.5 Å². The Morgan fingerprint density at radius 1 is 0.643 bits per heavy atom. The van der Waals surface area contributed by atoms with Crippen LogP contribution in [-0.2, 0) is 26.8 Å². The number of nitrogens with one attached hydrogen (secondary N) is 2. The monoisotopic (exact) mass is 837 g/mol. The van der Waals surface area contributed by atoms with E-state index in [0.717, 1.165) is 41.1 Å². The number of rotatable bonds is 9. The van der Waals surface area contributed by atoms with Crippen LogP contribution < -0.4 is 56.0 Å². The molecule has 2 heterocycles. The smallest absolute Gasteiger partial charge is 0.871 e. The number of aromatic amines is 2. The van der Waals surface area contributed by atoms with Gasteiger partial charge in [-0.1, -0.05) is 41.8 Å². The van der Waals surface area contributed by atoms with E-state index in [4.69, 9.17) is 5.14 Å². The van der Waals surface area contributed by atoms with E-state index in [0.29, 0.717) is 22.8 Å². The molecule has 4 aromatic carbocycles. The number of non-ortho nitro benzene ring substituents is 2. The normalized spacial score (nSPS) is 11.1. The van der Waals surface area contributed by atoms with Crippen molar-refractivity contribution in [3.8, 4) is 22.9 Å². The maximum Gasteiger partial charge on any atom is 3.00 e. The molecule has 4 N–H and O–H groups in total. The number of aryl methyl sites for hydroxylation is 2. The molecule has 0 unspecified atom stereocenters. The molecule has 0 bridgehead atoms. The Morgan fingerprint density at radius 3 is 1.41 bits per heavy atom. The summed E-state index contributed by atoms with van der Waals surface area (Å²) >= 11 is 0. The van der Waals surface area contributed by atoms with Gasteiger partial charge >= 0.3 is 46.3 Å². The number of azo groups is 2. The van der Waals surface area contributed by atoms with Crippen molar-refractivity contribution in [2.24, 2.45) is 25.6 Å². The number of primary sulfonamides is 1. The van der Waals surface area contributed by atoms with E-state index >= 15 is 0 Å². The molecular weight excluding hydrogens is 812 g/mol. The van der Waals surface area contributed by atoms with Gasteiger partial charge in [0.1, 0.15) is 0 Å². The first kappa shape index (κ1) is 44.3. The average Bonchev–Trinajstić information content (AvgIpc) is 3.59. The van der Waals surface area contributed by atoms with Crippen LogP contribution >= 0.6 is 0 Å². The Morgan fingerprint density at radius 2 is 1.04 bits per heavy atom. The van der Waals surface area contributed by atoms with Crippen molar-refractivity contribution >= 4 is 44.1 Å². The van der Waals surface area contributed by atoms with Crippen LogP contribution in [0.25, 0.3) is 11.4 Å². The molecule has 0 atom stereocenters. The molecule has 6 rings (SSSR count). The van der Waals surface area contributed by atoms with Crippen LogP contribution in [0.4, 0.5) is 34.1 Å². The minimum Gasteiger partial charge on any atom is -0.871 e. The Balaban J connectivity index is 0.000000293. The van der Waals surface area contributed by atoms with E-state index in [1.165, 1.54) is 35.9 Å². The fraction of sp³-hybridized carbons (Fsp3) is 0.0625. The number of para-hydroxylation sites is 1. The van der Waals surface area contributed by atoms with E-state index in [9.17, 15) is 48.4 Å². The molecule has 282 valence electrons. The van der Waals surface area contributed by atoms with Crippen LogP contribution in [0.2, 0.25) is 0 Å². The summed E-state index contributed by atoms with van der Waals surface area (Å²) in [5, 5.41) is 70.8. The van der Waals surface area contributed by atoms with Crippen LogP contribution in [-0.4, -0.2) is 37.8 Å². The minimum atomic E-state index is -3.88. The first-order valence-corrected chi connectivity index (χ1v) is 16.7. The molecule has 0 radical (unpaired) electrons. The number of nitro groups is 2. The van der Waals surface area contributed by atoms with Crippen molar-refractivity contribution in [2.75, 3.05) is 0 Å². The van der Waals surface area contributed by atoms with Crippen LogP contribution in [0.1, 0.15) is 11.4 Å². The number of nitro benzene ring substituents is 2. The number of sulfonamides is 1. The summed E-state index contributed by atoms with van der Waals surface area (Å²) in [6, 6.07) is 20.2. The van der Waals surface area contributed by atoms with Gasteiger partial charge in [0.25, 0.3) is 22.5 Å². The topological polar surface area (TPSA) is 318 Å². The summed E-state index contributed by atoms with van der Waals surface area (Å²) in [6.45, 7) is 3.18. The van der Waals surface area contributed by atoms with Gasteiger partial charge in [-0.25, -0.2) is 22.9 Å². The van der Waals surface area contributed by atoms with Crippen LogP contribution in [0, 0.1) is 34.1 Å². The molecule has 0 aliphatic carbocycles. The van der Waals surface area contributed by atoms with Gasteiger partial charge in [-0.15, -0.1) is 10.2 Å². The van der Waals surface area contributed by atoms with Crippen molar-refractivity contribution in [2.45, 2.75) is 18.7 Å². The van der Waals surface area contributed by atoms with Gasteiger partial charge in [-0.2, -0.15) is 10.2 Å². The average molecular weight is 838 g/mol. The number of hydrogen-bond donors (Lipinski definition) is 3. The van der Waals surface area contributed by atoms with Gasteiger partial charge < -0.3 is 10.2 Å². The summed E-state index contributed by atoms with van der Waals surface area (Å²) in [7, 11) is -3.88. The number of hydrogen-bond acceptors (Lipinski definition) is 14. The molecule has 0 spiro atoms. The molecule has 21 nitrogen and oxygen atoms in total. The van der Waals surface area contributed by atoms with Crippen LogP contribution in [0.15, 0.2) is 126 Å². The van der Waals surface area contributed by atoms with E-state index in [1.54, 1.807) is 31.2 Å². The van der Waals surface area contributed by atoms with E-state index in [2.05, 4.69) is 30.7 Å². The Bertz CT molecular complexity index is 2690. The van der Waals surface area contributed by atoms with Crippen molar-refractivity contribution < 1.29 is 74.8 Å². The molecule has 2 aromatic heterocycles. The summed E-state index contributed by atoms with van der Waals surface area (Å²) in [5.74, 6) is -1.11. The molecule has 0 fully saturated rings. The molecule has 6 aromatic rings. The first-order chi connectivity index (χ1) is 25.5. The molecule has 56 heavy (non-hydrogen) atoms. The standard InChI is InChI=1S/C16H14N6O6S.C16H13N5O4.Co.Na/c1-9-15(19-18-13-8-11(22(25)26)4-7-14(13)23)16(24)21(20-9)10-2-5-12(6-3-10)29(17,27)28;1-10-15(16(23)20(19-10)11-5-3-2-4-6-11)18-17-13-9-12(21(24)25)7-8-14(13)22;;/h2-8,20,23H,1H3,(H2,17,27,28);2-9,19,22H,1H3;;/q;;+3;+1/p-2. The Hall–Kier alpha value is -6.08. The van der Waals surface area contributed by atoms with Gasteiger partial charge in [0.15, 0.2) is 11.4 Å². The molecular formula is C32H25CoN11NaO10S+2. The van der Waals surface area contributed by atoms with Gasteiger partial charge in [0.05, 0.1) is 48.9 Å². The molecule has 24 heteroatoms. The summed E-state index contributed by atoms with van der Waals surface area (Å²) in [6.07, 6.45) is 0. The number of H-pyrrole nitrogens is 2. The third-order valence-electron chi connectivity index (χ3n) is 7.34. The van der Waals surface area contributed by atoms with E-state index in [-0.39, 0.29) is 85.4 Å². The quantitative estimate of drug-likeness (QED) is 0.0813. The summed E-state index contributed by atoms with van der Waals surface area (Å²) in [4.78, 5) is 45.2. The number of nitrogens with two attached hydrogens (primary N) is 1. The third kappa shape index (κ3) is 10.2. The largest absolute Gasteiger partial charge is 3.00 e. The third-order valence-corrected chi connectivity index (χ3v) is 8.27. The van der Waals surface area contributed by atoms with Crippen molar-refractivity contribution in [1.29, 1.82) is 0 Å². The summed E-state index contributed by atoms with van der Waals surface area (Å²) < 4.78 is 25.1. The molecule has 0 saturated heterocycles.